The van der Waals surface area contributed by atoms with Crippen LogP contribution in [0.5, 0.6) is 0 Å². The van der Waals surface area contributed by atoms with Crippen molar-refractivity contribution in [3.63, 3.8) is 0 Å². The molecular formula is C94H146BrN5O30. The standard InChI is InChI=1S/C17H28N2O6.C13H18O3.C11H17NO5.C11H18O3.C11H16O3.C11H14O3.C10H17NO2.C7H13NO5.C3H5Br/c1-11(23-2)13(18-16(22)25-4)14(20)19-10-17(7-5-6-8-17)9-12(19)15(21)24-3;1-4-6-13(7-5-2)9-10(8-11(13)14)12(15)16-3;1-11(2,3)17-10(15)12-7(9(14)16-4)5-6-8(12)13;3*1-14-10(13)8-6-9(12)11(7-8)4-2-3-5-11;1-13-9(12)8-6-10(7-11-8)4-2-3-5-10;1-4(12-2)5(6(9)10)8-7(11)13-3;1-2-3-4/h11-13H,5-10H2,1-4H3,(H,18,22);4-5,10H,1-2,6-9H2,3H3;7H,5-6H2,1-4H3;8-9,12H,2-7H2,1H3;8H,2-7H2,1H3;2-3,8H,4-7H2,1H3;8,11H,2-7H2,1H3;4-5H,1-3H3,(H,8,11)(H,9,10);2H,1,3H2/t11-,12+,13+;10-;7-;8-,9?;3*8-;4-,5+;/m10000001./s1. The lowest BCUT2D eigenvalue weighted by molar-refractivity contribution is -0.152. The van der Waals surface area contributed by atoms with Gasteiger partial charge in [0.25, 0.3) is 0 Å². The van der Waals surface area contributed by atoms with Crippen LogP contribution in [0.25, 0.3) is 0 Å². The van der Waals surface area contributed by atoms with Gasteiger partial charge in [-0.3, -0.25) is 47.9 Å². The van der Waals surface area contributed by atoms with Crippen molar-refractivity contribution in [3.8, 4) is 0 Å². The molecule has 734 valence electrons. The molecule has 5 N–H and O–H groups in total. The smallest absolute Gasteiger partial charge is 0.417 e. The Labute approximate surface area is 773 Å². The highest BCUT2D eigenvalue weighted by Crippen LogP contribution is 2.55. The minimum atomic E-state index is -1.17. The number of amides is 5. The number of aliphatic hydroxyl groups excluding tert-OH is 1. The van der Waals surface area contributed by atoms with Crippen LogP contribution in [0, 0.1) is 56.2 Å². The predicted octanol–water partition coefficient (Wildman–Crippen LogP) is 11.6. The van der Waals surface area contributed by atoms with Gasteiger partial charge in [-0.05, 0) is 179 Å². The second-order valence-electron chi connectivity index (χ2n) is 36.8. The number of methoxy groups -OCH3 is 11. The van der Waals surface area contributed by atoms with Crippen LogP contribution in [0.2, 0.25) is 0 Å². The number of aliphatic carboxylic acids is 1. The van der Waals surface area contributed by atoms with Crippen LogP contribution in [-0.4, -0.2) is 266 Å². The summed E-state index contributed by atoms with van der Waals surface area (Å²) in [5, 5.41) is 27.5. The Bertz CT molecular complexity index is 3830. The summed E-state index contributed by atoms with van der Waals surface area (Å²) in [7, 11) is 14.8. The van der Waals surface area contributed by atoms with Gasteiger partial charge < -0.3 is 87.9 Å². The van der Waals surface area contributed by atoms with Crippen LogP contribution >= 0.6 is 15.9 Å². The summed E-state index contributed by atoms with van der Waals surface area (Å²) in [6.45, 7) is 20.6. The lowest BCUT2D eigenvalue weighted by Gasteiger charge is -2.30. The van der Waals surface area contributed by atoms with Crippen molar-refractivity contribution in [2.24, 2.45) is 56.2 Å². The molecule has 11 fully saturated rings. The summed E-state index contributed by atoms with van der Waals surface area (Å²) in [4.78, 5) is 188. The number of nitrogens with one attached hydrogen (secondary N) is 3. The molecule has 0 radical (unpaired) electrons. The molecule has 0 bridgehead atoms. The van der Waals surface area contributed by atoms with E-state index in [2.05, 4.69) is 75.3 Å². The molecule has 12 atom stereocenters. The number of likely N-dealkylation sites (tertiary alicyclic amines) is 2. The van der Waals surface area contributed by atoms with E-state index in [1.807, 2.05) is 12.2 Å². The molecule has 5 spiro atoms. The molecule has 3 saturated heterocycles. The molecule has 0 aromatic carbocycles. The number of carboxylic acid groups (broad SMARTS) is 1. The van der Waals surface area contributed by atoms with Crippen molar-refractivity contribution in [1.82, 2.24) is 25.8 Å². The van der Waals surface area contributed by atoms with Gasteiger partial charge in [0, 0.05) is 74.6 Å². The highest BCUT2D eigenvalue weighted by Gasteiger charge is 2.56. The Kier molecular flexibility index (Phi) is 46.8. The van der Waals surface area contributed by atoms with E-state index >= 15 is 0 Å². The first-order valence-corrected chi connectivity index (χ1v) is 46.0. The fourth-order valence-corrected chi connectivity index (χ4v) is 20.2. The lowest BCUT2D eigenvalue weighted by atomic mass is 9.78. The quantitative estimate of drug-likeness (QED) is 0.0327. The number of ether oxygens (including phenoxy) is 12. The van der Waals surface area contributed by atoms with Crippen molar-refractivity contribution in [2.45, 2.75) is 294 Å². The average molecular weight is 1910 g/mol. The van der Waals surface area contributed by atoms with Gasteiger partial charge >= 0.3 is 66.0 Å². The number of aliphatic hydroxyl groups is 1. The first-order chi connectivity index (χ1) is 61.4. The largest absolute Gasteiger partial charge is 0.480 e. The molecular weight excluding hydrogens is 1760 g/mol. The number of carboxylic acids is 1. The number of alkyl carbamates (subject to hydrolysis) is 2. The summed E-state index contributed by atoms with van der Waals surface area (Å²) in [5.41, 5.74) is -1.11. The van der Waals surface area contributed by atoms with Crippen molar-refractivity contribution < 1.29 is 144 Å². The average Bonchev–Trinajstić information content (AvgIpc) is 1.61. The number of carbonyl (C=O) groups excluding carboxylic acids is 15. The van der Waals surface area contributed by atoms with Crippen molar-refractivity contribution in [1.29, 1.82) is 0 Å². The number of alkyl halides is 1. The molecule has 9 aliphatic carbocycles. The third-order valence-corrected chi connectivity index (χ3v) is 27.8. The Balaban J connectivity index is 0.000000312. The number of rotatable bonds is 20. The van der Waals surface area contributed by atoms with Crippen LogP contribution < -0.4 is 16.0 Å². The van der Waals surface area contributed by atoms with Gasteiger partial charge in [0.1, 0.15) is 47.1 Å². The van der Waals surface area contributed by atoms with Crippen LogP contribution in [0.3, 0.4) is 0 Å². The predicted molar refractivity (Wildman–Crippen MR) is 478 cm³/mol. The van der Waals surface area contributed by atoms with E-state index in [9.17, 15) is 81.8 Å². The number of allylic oxidation sites excluding steroid dienone is 5. The first-order valence-electron chi connectivity index (χ1n) is 44.9. The van der Waals surface area contributed by atoms with Crippen molar-refractivity contribution in [2.75, 3.05) is 96.6 Å². The molecule has 0 aromatic rings. The Hall–Kier alpha value is -9.00. The molecule has 12 aliphatic rings. The van der Waals surface area contributed by atoms with Crippen molar-refractivity contribution >= 4 is 111 Å². The van der Waals surface area contributed by atoms with Crippen molar-refractivity contribution in [3.05, 3.63) is 50.1 Å². The van der Waals surface area contributed by atoms with Gasteiger partial charge in [-0.2, -0.15) is 0 Å². The molecule has 5 amide bonds. The number of halogens is 1. The van der Waals surface area contributed by atoms with E-state index in [1.165, 1.54) is 117 Å². The van der Waals surface area contributed by atoms with Crippen LogP contribution in [0.1, 0.15) is 240 Å². The first kappa shape index (κ1) is 113. The van der Waals surface area contributed by atoms with Crippen LogP contribution in [0.4, 0.5) is 14.4 Å². The third-order valence-electron chi connectivity index (χ3n) is 27.4. The Morgan fingerprint density at radius 3 is 1.38 bits per heavy atom. The van der Waals surface area contributed by atoms with E-state index in [1.54, 1.807) is 50.8 Å². The van der Waals surface area contributed by atoms with Gasteiger partial charge in [-0.15, -0.1) is 19.7 Å². The molecule has 3 aliphatic heterocycles. The minimum absolute atomic E-state index is 0.0271. The maximum absolute atomic E-state index is 13.1. The number of ketones is 3. The zero-order valence-electron chi connectivity index (χ0n) is 79.3. The van der Waals surface area contributed by atoms with E-state index in [0.29, 0.717) is 69.1 Å². The number of Topliss-reactive ketones (excluding diaryl/α,β-unsaturated/α-hetero) is 3. The zero-order chi connectivity index (χ0) is 97.7. The Morgan fingerprint density at radius 1 is 0.515 bits per heavy atom. The van der Waals surface area contributed by atoms with E-state index in [0.717, 1.165) is 120 Å². The number of nitrogens with zero attached hydrogens (tertiary/aromatic N) is 2. The molecule has 8 saturated carbocycles. The fraction of sp³-hybridized carbons (Fsp3) is 0.745. The molecule has 130 heavy (non-hydrogen) atoms. The van der Waals surface area contributed by atoms with E-state index in [4.69, 9.17) is 38.3 Å². The number of carbonyl (C=O) groups is 16. The second kappa shape index (κ2) is 53.6. The molecule has 1 unspecified atom stereocenters. The maximum Gasteiger partial charge on any atom is 0.417 e. The van der Waals surface area contributed by atoms with E-state index in [-0.39, 0.29) is 124 Å². The SMILES string of the molecule is C=CCBr.C=CCC1(CC=C)C[C@@H](C(=O)OC)CC1=O.COC(=O)N[C@H](C(=O)N1CC2(CCCC2)C[C@H]1C(=O)OC)[C@@H](C)OC.COC(=O)N[C@H](C(=O)O)[C@@H](C)OC.COC(=O)[C@@H]1CC2(CCCC2)CN1.COC(=O)[C@@H]1CCC(=O)N1C(=O)OC(C)(C)C.COC(=O)[C@H]1CC(=O)C2(CC=CC2)C1.COC(=O)[C@H]1CC(=O)C2(CCCC2)C1.COC(=O)[C@H]1CC(O)C2(CCCC2)C1. The van der Waals surface area contributed by atoms with Crippen LogP contribution in [0.15, 0.2) is 50.1 Å². The molecule has 36 heteroatoms. The highest BCUT2D eigenvalue weighted by molar-refractivity contribution is 9.09. The molecule has 12 rings (SSSR count). The molecule has 3 heterocycles. The Morgan fingerprint density at radius 2 is 0.931 bits per heavy atom. The van der Waals surface area contributed by atoms with Gasteiger partial charge in [-0.25, -0.2) is 33.7 Å². The minimum Gasteiger partial charge on any atom is -0.480 e. The normalized spacial score (nSPS) is 24.9. The number of esters is 7. The van der Waals surface area contributed by atoms with Gasteiger partial charge in [0.2, 0.25) is 11.8 Å². The summed E-state index contributed by atoms with van der Waals surface area (Å²) in [6.07, 6.45) is 33.1. The van der Waals surface area contributed by atoms with Gasteiger partial charge in [0.15, 0.2) is 6.04 Å². The lowest BCUT2D eigenvalue weighted by Crippen LogP contribution is -2.56. The zero-order valence-corrected chi connectivity index (χ0v) is 80.9. The number of hydrogen-bond acceptors (Lipinski definition) is 30. The van der Waals surface area contributed by atoms with Crippen LogP contribution in [-0.2, 0) is 119 Å². The maximum atomic E-state index is 13.1. The monoisotopic (exact) mass is 1900 g/mol. The molecule has 0 aromatic heterocycles. The fourth-order valence-electron chi connectivity index (χ4n) is 20.2. The van der Waals surface area contributed by atoms with Gasteiger partial charge in [0.05, 0.1) is 106 Å². The number of imide groups is 1. The third kappa shape index (κ3) is 31.3. The second-order valence-corrected chi connectivity index (χ2v) is 37.5. The highest BCUT2D eigenvalue weighted by atomic mass is 79.9. The summed E-state index contributed by atoms with van der Waals surface area (Å²) in [5.74, 6) is -3.97. The van der Waals surface area contributed by atoms with Gasteiger partial charge in [-0.1, -0.05) is 97.7 Å². The summed E-state index contributed by atoms with van der Waals surface area (Å²) in [6, 6.07) is -3.55. The molecule has 35 nitrogen and oxygen atoms in total. The topological polar surface area (TPSA) is 467 Å². The number of hydrogen-bond donors (Lipinski definition) is 5. The summed E-state index contributed by atoms with van der Waals surface area (Å²) >= 11 is 3.13. The summed E-state index contributed by atoms with van der Waals surface area (Å²) < 4.78 is 56.9. The van der Waals surface area contributed by atoms with E-state index < -0.39 is 89.5 Å².